The van der Waals surface area contributed by atoms with Gasteiger partial charge >= 0.3 is 41.8 Å². The van der Waals surface area contributed by atoms with Crippen LogP contribution >= 0.6 is 0 Å². The van der Waals surface area contributed by atoms with E-state index in [4.69, 9.17) is 37.9 Å². The Hall–Kier alpha value is -4.31. The fraction of sp³-hybridized carbons (Fsp3) is 0.711. The van der Waals surface area contributed by atoms with Gasteiger partial charge in [-0.05, 0) is 36.5 Å². The van der Waals surface area contributed by atoms with Crippen LogP contribution in [0.2, 0.25) is 0 Å². The maximum atomic E-state index is 13.7. The van der Waals surface area contributed by atoms with Crippen molar-refractivity contribution < 1.29 is 76.6 Å². The summed E-state index contributed by atoms with van der Waals surface area (Å²) in [4.78, 5) is 91.4. The molecule has 0 aromatic heterocycles. The summed E-state index contributed by atoms with van der Waals surface area (Å²) in [7, 11) is 0. The van der Waals surface area contributed by atoms with E-state index in [-0.39, 0.29) is 43.5 Å². The van der Waals surface area contributed by atoms with Crippen molar-refractivity contribution in [3.05, 3.63) is 23.8 Å². The Morgan fingerprint density at radius 2 is 1.35 bits per heavy atom. The van der Waals surface area contributed by atoms with Crippen molar-refractivity contribution in [3.8, 4) is 0 Å². The summed E-state index contributed by atoms with van der Waals surface area (Å²) < 4.78 is 47.2. The van der Waals surface area contributed by atoms with Gasteiger partial charge in [0.25, 0.3) is 0 Å². The van der Waals surface area contributed by atoms with Crippen LogP contribution in [0.5, 0.6) is 0 Å². The van der Waals surface area contributed by atoms with E-state index in [0.29, 0.717) is 0 Å². The summed E-state index contributed by atoms with van der Waals surface area (Å²) in [6, 6.07) is 0. The van der Waals surface area contributed by atoms with Gasteiger partial charge in [-0.25, -0.2) is 0 Å². The number of carbonyl (C=O) groups is 7. The van der Waals surface area contributed by atoms with E-state index in [0.717, 1.165) is 27.7 Å². The first-order chi connectivity index (χ1) is 25.1. The van der Waals surface area contributed by atoms with E-state index in [1.54, 1.807) is 13.8 Å². The second-order valence-corrected chi connectivity index (χ2v) is 15.6. The lowest BCUT2D eigenvalue weighted by Gasteiger charge is -2.59. The topological polar surface area (TPSA) is 217 Å². The molecule has 16 nitrogen and oxygen atoms in total. The van der Waals surface area contributed by atoms with Crippen LogP contribution in [0.4, 0.5) is 0 Å². The maximum absolute atomic E-state index is 13.7. The van der Waals surface area contributed by atoms with Crippen LogP contribution in [0.25, 0.3) is 0 Å². The third kappa shape index (κ3) is 8.49. The lowest BCUT2D eigenvalue weighted by molar-refractivity contribution is -0.279. The number of hydrogen-bond acceptors (Lipinski definition) is 16. The summed E-state index contributed by atoms with van der Waals surface area (Å²) in [5, 5.41) is 13.0. The highest BCUT2D eigenvalue weighted by Gasteiger charge is 2.81. The number of carbonyl (C=O) groups excluding carboxylic acids is 7. The highest BCUT2D eigenvalue weighted by Crippen LogP contribution is 2.63. The predicted octanol–water partition coefficient (Wildman–Crippen LogP) is 2.45. The third-order valence-corrected chi connectivity index (χ3v) is 10.3. The first kappa shape index (κ1) is 42.4. The van der Waals surface area contributed by atoms with Crippen molar-refractivity contribution in [1.29, 1.82) is 0 Å². The molecule has 16 heteroatoms. The molecule has 0 aromatic rings. The molecule has 3 fully saturated rings. The first-order valence-electron chi connectivity index (χ1n) is 18.1. The highest BCUT2D eigenvalue weighted by molar-refractivity contribution is 5.78. The molecule has 2 heterocycles. The summed E-state index contributed by atoms with van der Waals surface area (Å²) in [5.74, 6) is -8.70. The minimum Gasteiger partial charge on any atom is -0.461 e. The van der Waals surface area contributed by atoms with Crippen molar-refractivity contribution in [1.82, 2.24) is 0 Å². The number of aliphatic hydroxyl groups is 1. The summed E-state index contributed by atoms with van der Waals surface area (Å²) in [6.45, 7) is 13.9. The van der Waals surface area contributed by atoms with Gasteiger partial charge < -0.3 is 43.0 Å². The second-order valence-electron chi connectivity index (χ2n) is 15.6. The lowest BCUT2D eigenvalue weighted by atomic mass is 9.51. The van der Waals surface area contributed by atoms with Crippen molar-refractivity contribution in [2.75, 3.05) is 13.2 Å². The van der Waals surface area contributed by atoms with Gasteiger partial charge in [0.1, 0.15) is 24.4 Å². The van der Waals surface area contributed by atoms with Crippen LogP contribution in [-0.2, 0) is 71.5 Å². The summed E-state index contributed by atoms with van der Waals surface area (Å²) in [5.41, 5.74) is -5.91. The molecule has 4 aliphatic rings. The largest absolute Gasteiger partial charge is 0.461 e. The van der Waals surface area contributed by atoms with Crippen molar-refractivity contribution >= 4 is 41.8 Å². The van der Waals surface area contributed by atoms with Gasteiger partial charge in [0, 0.05) is 46.5 Å². The molecule has 11 atom stereocenters. The molecular weight excluding hydrogens is 712 g/mol. The normalized spacial score (nSPS) is 37.1. The fourth-order valence-electron chi connectivity index (χ4n) is 8.00. The minimum atomic E-state index is -2.44. The number of epoxide rings is 1. The van der Waals surface area contributed by atoms with Gasteiger partial charge in [0.05, 0.1) is 17.9 Å². The SMILES string of the molecule is CC(=O)O[C@H]1[C@@H](OC(C)=O)[C@]2(CO2)[C@@H]2[C@H](OC(C)=O)[C@@]3(O)[C@H](/C=C(COC(=O)CC(C)C)\C=C/[C@@H](OC(C)=O)[C@@]2(C)[C@H]1OC(=O)CC(C)C)OC(=O)[C@@H]3C. The zero-order valence-electron chi connectivity index (χ0n) is 32.4. The molecule has 0 amide bonds. The monoisotopic (exact) mass is 764 g/mol. The van der Waals surface area contributed by atoms with E-state index in [2.05, 4.69) is 0 Å². The molecule has 2 saturated heterocycles. The molecule has 0 radical (unpaired) electrons. The number of fused-ring (bicyclic) bond motifs is 3. The van der Waals surface area contributed by atoms with Crippen LogP contribution in [0.3, 0.4) is 0 Å². The number of ether oxygens (including phenoxy) is 8. The van der Waals surface area contributed by atoms with Gasteiger partial charge in [0.2, 0.25) is 0 Å². The third-order valence-electron chi connectivity index (χ3n) is 10.3. The Kier molecular flexibility index (Phi) is 12.7. The maximum Gasteiger partial charge on any atom is 0.312 e. The number of hydrogen-bond donors (Lipinski definition) is 1. The summed E-state index contributed by atoms with van der Waals surface area (Å²) in [6.07, 6.45) is -5.46. The molecular formula is C38H52O16. The molecule has 4 rings (SSSR count). The molecule has 1 N–H and O–H groups in total. The van der Waals surface area contributed by atoms with E-state index >= 15 is 0 Å². The Balaban J connectivity index is 2.12. The Labute approximate surface area is 314 Å². The Morgan fingerprint density at radius 1 is 0.815 bits per heavy atom. The van der Waals surface area contributed by atoms with Crippen molar-refractivity contribution in [2.45, 2.75) is 130 Å². The van der Waals surface area contributed by atoms with Gasteiger partial charge in [-0.3, -0.25) is 33.6 Å². The second kappa shape index (κ2) is 16.2. The van der Waals surface area contributed by atoms with Crippen LogP contribution in [0, 0.1) is 29.1 Å². The van der Waals surface area contributed by atoms with Gasteiger partial charge in [-0.2, -0.15) is 0 Å². The van der Waals surface area contributed by atoms with Crippen LogP contribution in [-0.4, -0.2) is 108 Å². The van der Waals surface area contributed by atoms with Crippen LogP contribution < -0.4 is 0 Å². The molecule has 1 saturated carbocycles. The average molecular weight is 765 g/mol. The Morgan fingerprint density at radius 3 is 1.87 bits per heavy atom. The van der Waals surface area contributed by atoms with E-state index < -0.39 is 107 Å². The predicted molar refractivity (Wildman–Crippen MR) is 183 cm³/mol. The lowest BCUT2D eigenvalue weighted by Crippen LogP contribution is -2.76. The zero-order chi connectivity index (χ0) is 40.5. The molecule has 2 aliphatic heterocycles. The molecule has 0 aromatic carbocycles. The molecule has 0 unspecified atom stereocenters. The van der Waals surface area contributed by atoms with Gasteiger partial charge in [-0.15, -0.1) is 0 Å². The summed E-state index contributed by atoms with van der Waals surface area (Å²) >= 11 is 0. The molecule has 300 valence electrons. The zero-order valence-corrected chi connectivity index (χ0v) is 32.4. The first-order valence-corrected chi connectivity index (χ1v) is 18.1. The fourth-order valence-corrected chi connectivity index (χ4v) is 8.00. The van der Waals surface area contributed by atoms with Crippen molar-refractivity contribution in [2.24, 2.45) is 29.1 Å². The molecule has 2 aliphatic carbocycles. The van der Waals surface area contributed by atoms with Crippen molar-refractivity contribution in [3.63, 3.8) is 0 Å². The van der Waals surface area contributed by atoms with E-state index in [9.17, 15) is 38.7 Å². The highest BCUT2D eigenvalue weighted by atomic mass is 16.7. The standard InChI is InChI=1S/C38H52O16/c1-18(2)13-28(43)47-16-25-11-12-26(49-21(6)39)36(10)31(34(52-24(9)42)38(46)20(5)35(45)53-27(38)15-25)37(17-48-37)33(51-23(8)41)30(50-22(7)40)32(36)54-29(44)14-19(3)4/h11-12,15,18-20,26-27,30-34,46H,13-14,16-17H2,1-10H3/b12-11-,25-15+/t20-,26+,27-,30+,31+,32-,33+,34-,36+,37-,38-/m0/s1. The molecule has 0 bridgehead atoms. The van der Waals surface area contributed by atoms with Gasteiger partial charge in [0.15, 0.2) is 30.0 Å². The van der Waals surface area contributed by atoms with Crippen LogP contribution in [0.15, 0.2) is 23.8 Å². The van der Waals surface area contributed by atoms with Crippen LogP contribution in [0.1, 0.15) is 82.1 Å². The van der Waals surface area contributed by atoms with E-state index in [1.807, 2.05) is 13.8 Å². The molecule has 54 heavy (non-hydrogen) atoms. The van der Waals surface area contributed by atoms with Gasteiger partial charge in [-0.1, -0.05) is 40.7 Å². The minimum absolute atomic E-state index is 0.0258. The number of rotatable bonds is 11. The van der Waals surface area contributed by atoms with E-state index in [1.165, 1.54) is 32.1 Å². The molecule has 1 spiro atoms. The Bertz CT molecular complexity index is 1570. The quantitative estimate of drug-likeness (QED) is 0.182. The number of esters is 7. The smallest absolute Gasteiger partial charge is 0.312 e. The average Bonchev–Trinajstić information content (AvgIpc) is 3.78.